The maximum absolute atomic E-state index is 10.3. The van der Waals surface area contributed by atoms with Crippen LogP contribution in [-0.2, 0) is 0 Å². The summed E-state index contributed by atoms with van der Waals surface area (Å²) < 4.78 is 0. The highest BCUT2D eigenvalue weighted by Gasteiger charge is 2.38. The van der Waals surface area contributed by atoms with Crippen molar-refractivity contribution >= 4 is 17.6 Å². The molecule has 1 heterocycles. The molecule has 0 spiro atoms. The van der Waals surface area contributed by atoms with E-state index >= 15 is 0 Å². The van der Waals surface area contributed by atoms with Crippen LogP contribution in [0.1, 0.15) is 44.8 Å². The zero-order valence-corrected chi connectivity index (χ0v) is 15.8. The van der Waals surface area contributed by atoms with E-state index in [1.807, 2.05) is 12.1 Å². The van der Waals surface area contributed by atoms with Gasteiger partial charge in [-0.3, -0.25) is 9.89 Å². The molecule has 1 aromatic carbocycles. The second kappa shape index (κ2) is 8.39. The Labute approximate surface area is 155 Å². The molecular weight excluding hydrogens is 336 g/mol. The first-order chi connectivity index (χ1) is 12.1. The van der Waals surface area contributed by atoms with E-state index in [2.05, 4.69) is 34.4 Å². The molecule has 0 bridgehead atoms. The number of hydrogen-bond acceptors (Lipinski definition) is 3. The summed E-state index contributed by atoms with van der Waals surface area (Å²) in [5, 5.41) is 17.8. The zero-order valence-electron chi connectivity index (χ0n) is 15.1. The molecule has 6 heteroatoms. The second-order valence-corrected chi connectivity index (χ2v) is 7.58. The Morgan fingerprint density at radius 1 is 1.36 bits per heavy atom. The third-order valence-corrected chi connectivity index (χ3v) is 5.25. The Kier molecular flexibility index (Phi) is 6.20. The number of guanidine groups is 1. The van der Waals surface area contributed by atoms with Crippen LogP contribution in [0.25, 0.3) is 0 Å². The van der Waals surface area contributed by atoms with E-state index in [1.54, 1.807) is 12.1 Å². The molecule has 3 rings (SSSR count). The molecule has 25 heavy (non-hydrogen) atoms. The fourth-order valence-corrected chi connectivity index (χ4v) is 3.68. The molecule has 3 atom stereocenters. The summed E-state index contributed by atoms with van der Waals surface area (Å²) in [7, 11) is 0. The monoisotopic (exact) mass is 364 g/mol. The zero-order chi connectivity index (χ0) is 17.8. The van der Waals surface area contributed by atoms with Crippen LogP contribution >= 0.6 is 11.6 Å². The van der Waals surface area contributed by atoms with Gasteiger partial charge in [-0.1, -0.05) is 23.7 Å². The van der Waals surface area contributed by atoms with Crippen molar-refractivity contribution in [2.75, 3.05) is 19.6 Å². The first-order valence-corrected chi connectivity index (χ1v) is 9.68. The van der Waals surface area contributed by atoms with Crippen LogP contribution in [0.4, 0.5) is 0 Å². The van der Waals surface area contributed by atoms with E-state index in [0.717, 1.165) is 37.1 Å². The van der Waals surface area contributed by atoms with Crippen LogP contribution in [0, 0.1) is 0 Å². The number of nitrogens with zero attached hydrogens (tertiary/aromatic N) is 2. The van der Waals surface area contributed by atoms with Crippen molar-refractivity contribution in [3.05, 3.63) is 34.9 Å². The van der Waals surface area contributed by atoms with Crippen LogP contribution in [0.5, 0.6) is 0 Å². The summed E-state index contributed by atoms with van der Waals surface area (Å²) >= 11 is 5.90. The van der Waals surface area contributed by atoms with Gasteiger partial charge >= 0.3 is 0 Å². The van der Waals surface area contributed by atoms with Crippen LogP contribution in [-0.4, -0.2) is 53.7 Å². The lowest BCUT2D eigenvalue weighted by molar-refractivity contribution is 0.187. The van der Waals surface area contributed by atoms with Gasteiger partial charge in [0.15, 0.2) is 5.96 Å². The smallest absolute Gasteiger partial charge is 0.191 e. The lowest BCUT2D eigenvalue weighted by Gasteiger charge is -2.20. The van der Waals surface area contributed by atoms with E-state index in [-0.39, 0.29) is 0 Å². The third kappa shape index (κ3) is 5.09. The normalized spacial score (nSPS) is 25.8. The van der Waals surface area contributed by atoms with Gasteiger partial charge in [-0.25, -0.2) is 0 Å². The number of hydrogen-bond donors (Lipinski definition) is 3. The van der Waals surface area contributed by atoms with E-state index in [1.165, 1.54) is 12.8 Å². The molecule has 0 radical (unpaired) electrons. The highest BCUT2D eigenvalue weighted by Crippen LogP contribution is 2.33. The van der Waals surface area contributed by atoms with Gasteiger partial charge < -0.3 is 15.7 Å². The fraction of sp³-hybridized carbons (Fsp3) is 0.632. The summed E-state index contributed by atoms with van der Waals surface area (Å²) in [4.78, 5) is 7.19. The van der Waals surface area contributed by atoms with E-state index < -0.39 is 6.10 Å². The minimum absolute atomic E-state index is 0.325. The predicted octanol–water partition coefficient (Wildman–Crippen LogP) is 2.55. The highest BCUT2D eigenvalue weighted by molar-refractivity contribution is 6.30. The Morgan fingerprint density at radius 3 is 2.72 bits per heavy atom. The van der Waals surface area contributed by atoms with E-state index in [4.69, 9.17) is 11.6 Å². The van der Waals surface area contributed by atoms with Crippen LogP contribution < -0.4 is 10.6 Å². The molecule has 0 amide bonds. The van der Waals surface area contributed by atoms with Gasteiger partial charge in [0.05, 0.1) is 12.6 Å². The van der Waals surface area contributed by atoms with Gasteiger partial charge in [0.25, 0.3) is 0 Å². The molecule has 1 aromatic rings. The SMILES string of the molecule is CCNC(=NCC(O)c1ccc(Cl)cc1)NC1CC(C)N(C2CC2)C1. The molecule has 2 aliphatic rings. The quantitative estimate of drug-likeness (QED) is 0.536. The van der Waals surface area contributed by atoms with Crippen molar-refractivity contribution in [3.8, 4) is 0 Å². The third-order valence-electron chi connectivity index (χ3n) is 5.00. The molecule has 0 aromatic heterocycles. The molecule has 138 valence electrons. The van der Waals surface area contributed by atoms with Gasteiger partial charge in [0.2, 0.25) is 0 Å². The highest BCUT2D eigenvalue weighted by atomic mass is 35.5. The van der Waals surface area contributed by atoms with Gasteiger partial charge in [-0.05, 0) is 50.8 Å². The number of halogens is 1. The summed E-state index contributed by atoms with van der Waals surface area (Å²) in [5.74, 6) is 0.783. The van der Waals surface area contributed by atoms with E-state index in [9.17, 15) is 5.11 Å². The first-order valence-electron chi connectivity index (χ1n) is 9.31. The average molecular weight is 365 g/mol. The number of aliphatic imine (C=N–C) groups is 1. The molecule has 1 aliphatic carbocycles. The molecule has 3 unspecified atom stereocenters. The average Bonchev–Trinajstić information content (AvgIpc) is 3.37. The molecule has 1 aliphatic heterocycles. The summed E-state index contributed by atoms with van der Waals surface area (Å²) in [6.45, 7) is 6.58. The van der Waals surface area contributed by atoms with Crippen LogP contribution in [0.2, 0.25) is 5.02 Å². The number of aliphatic hydroxyl groups is 1. The maximum Gasteiger partial charge on any atom is 0.191 e. The molecule has 2 fully saturated rings. The number of benzene rings is 1. The van der Waals surface area contributed by atoms with Crippen molar-refractivity contribution in [1.82, 2.24) is 15.5 Å². The summed E-state index contributed by atoms with van der Waals surface area (Å²) in [6, 6.07) is 9.12. The number of likely N-dealkylation sites (tertiary alicyclic amines) is 1. The number of rotatable bonds is 6. The maximum atomic E-state index is 10.3. The molecule has 5 nitrogen and oxygen atoms in total. The van der Waals surface area contributed by atoms with E-state index in [0.29, 0.717) is 23.7 Å². The van der Waals surface area contributed by atoms with Crippen LogP contribution in [0.15, 0.2) is 29.3 Å². The topological polar surface area (TPSA) is 59.9 Å². The molecule has 1 saturated heterocycles. The van der Waals surface area contributed by atoms with Crippen molar-refractivity contribution in [1.29, 1.82) is 0 Å². The van der Waals surface area contributed by atoms with Gasteiger partial charge in [-0.2, -0.15) is 0 Å². The van der Waals surface area contributed by atoms with Crippen molar-refractivity contribution < 1.29 is 5.11 Å². The van der Waals surface area contributed by atoms with Gasteiger partial charge in [0, 0.05) is 36.2 Å². The number of nitrogens with one attached hydrogen (secondary N) is 2. The lowest BCUT2D eigenvalue weighted by Crippen LogP contribution is -2.45. The second-order valence-electron chi connectivity index (χ2n) is 7.14. The van der Waals surface area contributed by atoms with Gasteiger partial charge in [-0.15, -0.1) is 0 Å². The van der Waals surface area contributed by atoms with Crippen LogP contribution in [0.3, 0.4) is 0 Å². The van der Waals surface area contributed by atoms with Crippen molar-refractivity contribution in [2.24, 2.45) is 4.99 Å². The minimum Gasteiger partial charge on any atom is -0.386 e. The molecule has 3 N–H and O–H groups in total. The summed E-state index contributed by atoms with van der Waals surface area (Å²) in [6.07, 6.45) is 3.20. The van der Waals surface area contributed by atoms with Crippen molar-refractivity contribution in [2.45, 2.75) is 57.3 Å². The minimum atomic E-state index is -0.627. The standard InChI is InChI=1S/C19H29ClN4O/c1-3-21-19(22-11-18(25)14-4-6-15(20)7-5-14)23-16-10-13(2)24(12-16)17-8-9-17/h4-7,13,16-18,25H,3,8-12H2,1-2H3,(H2,21,22,23). The van der Waals surface area contributed by atoms with Crippen molar-refractivity contribution in [3.63, 3.8) is 0 Å². The molecular formula is C19H29ClN4O. The summed E-state index contributed by atoms with van der Waals surface area (Å²) in [5.41, 5.74) is 0.832. The van der Waals surface area contributed by atoms with Gasteiger partial charge in [0.1, 0.15) is 0 Å². The largest absolute Gasteiger partial charge is 0.386 e. The molecule has 1 saturated carbocycles. The Hall–Kier alpha value is -1.30. The number of aliphatic hydroxyl groups excluding tert-OH is 1. The Morgan fingerprint density at radius 2 is 2.08 bits per heavy atom. The Balaban J connectivity index is 1.56. The lowest BCUT2D eigenvalue weighted by atomic mass is 10.1. The predicted molar refractivity (Wildman–Crippen MR) is 103 cm³/mol. The first kappa shape index (κ1) is 18.5. The Bertz CT molecular complexity index is 588. The fourth-order valence-electron chi connectivity index (χ4n) is 3.56.